The van der Waals surface area contributed by atoms with E-state index in [1.807, 2.05) is 6.92 Å². The molecule has 0 saturated heterocycles. The molecule has 1 heterocycles. The minimum Gasteiger partial charge on any atom is -0.365 e. The number of rotatable bonds is 2. The van der Waals surface area contributed by atoms with Gasteiger partial charge in [0.2, 0.25) is 5.28 Å². The average Bonchev–Trinajstić information content (AvgIpc) is 2.62. The zero-order chi connectivity index (χ0) is 13.4. The maximum atomic E-state index is 12.6. The normalized spacial score (nSPS) is 18.9. The Labute approximate surface area is 108 Å². The van der Waals surface area contributed by atoms with E-state index in [2.05, 4.69) is 15.3 Å². The largest absolute Gasteiger partial charge is 0.433 e. The van der Waals surface area contributed by atoms with Crippen molar-refractivity contribution >= 4 is 17.4 Å². The number of aromatic nitrogens is 2. The van der Waals surface area contributed by atoms with E-state index in [0.717, 1.165) is 31.7 Å². The zero-order valence-electron chi connectivity index (χ0n) is 9.81. The molecule has 7 heteroatoms. The number of halogens is 4. The van der Waals surface area contributed by atoms with E-state index >= 15 is 0 Å². The summed E-state index contributed by atoms with van der Waals surface area (Å²) in [5, 5.41) is 2.64. The summed E-state index contributed by atoms with van der Waals surface area (Å²) in [6.07, 6.45) is -0.561. The summed E-state index contributed by atoms with van der Waals surface area (Å²) in [5.74, 6) is 0.131. The summed E-state index contributed by atoms with van der Waals surface area (Å²) >= 11 is 5.52. The van der Waals surface area contributed by atoms with E-state index in [4.69, 9.17) is 11.6 Å². The molecule has 0 amide bonds. The lowest BCUT2D eigenvalue weighted by atomic mass is 10.0. The van der Waals surface area contributed by atoms with Crippen LogP contribution >= 0.6 is 11.6 Å². The van der Waals surface area contributed by atoms with Gasteiger partial charge in [-0.1, -0.05) is 12.8 Å². The third-order valence-corrected chi connectivity index (χ3v) is 3.30. The molecule has 0 radical (unpaired) electrons. The van der Waals surface area contributed by atoms with E-state index in [1.54, 1.807) is 0 Å². The molecule has 1 fully saturated rings. The van der Waals surface area contributed by atoms with Crippen molar-refractivity contribution in [1.29, 1.82) is 0 Å². The number of nitrogens with zero attached hydrogens (tertiary/aromatic N) is 2. The number of hydrogen-bond acceptors (Lipinski definition) is 3. The fraction of sp³-hybridized carbons (Fsp3) is 0.636. The van der Waals surface area contributed by atoms with Crippen LogP contribution in [0, 0.1) is 0 Å². The molecule has 1 saturated carbocycles. The van der Waals surface area contributed by atoms with Gasteiger partial charge in [-0.25, -0.2) is 9.97 Å². The molecule has 1 aromatic rings. The van der Waals surface area contributed by atoms with Crippen molar-refractivity contribution in [3.8, 4) is 0 Å². The standard InChI is InChI=1S/C11H13ClF3N3/c1-10(4-2-3-5-10)18-8-6-7(11(13,14)15)16-9(12)17-8/h6H,2-5H2,1H3,(H,16,17,18). The van der Waals surface area contributed by atoms with Crippen molar-refractivity contribution in [2.24, 2.45) is 0 Å². The highest BCUT2D eigenvalue weighted by molar-refractivity contribution is 6.28. The van der Waals surface area contributed by atoms with Crippen molar-refractivity contribution in [2.75, 3.05) is 5.32 Å². The maximum absolute atomic E-state index is 12.6. The molecule has 0 aliphatic heterocycles. The van der Waals surface area contributed by atoms with E-state index in [-0.39, 0.29) is 11.4 Å². The second-order valence-corrected chi connectivity index (χ2v) is 5.14. The molecular formula is C11H13ClF3N3. The quantitative estimate of drug-likeness (QED) is 0.835. The van der Waals surface area contributed by atoms with Crippen LogP contribution in [-0.4, -0.2) is 15.5 Å². The maximum Gasteiger partial charge on any atom is 0.433 e. The third-order valence-electron chi connectivity index (χ3n) is 3.13. The second kappa shape index (κ2) is 4.57. The van der Waals surface area contributed by atoms with Crippen LogP contribution in [0.3, 0.4) is 0 Å². The molecule has 3 nitrogen and oxygen atoms in total. The first-order valence-electron chi connectivity index (χ1n) is 5.68. The summed E-state index contributed by atoms with van der Waals surface area (Å²) in [6, 6.07) is 0.898. The molecule has 1 N–H and O–H groups in total. The first-order valence-corrected chi connectivity index (χ1v) is 6.06. The van der Waals surface area contributed by atoms with Crippen molar-refractivity contribution in [1.82, 2.24) is 9.97 Å². The predicted molar refractivity (Wildman–Crippen MR) is 62.5 cm³/mol. The van der Waals surface area contributed by atoms with Crippen molar-refractivity contribution in [3.63, 3.8) is 0 Å². The van der Waals surface area contributed by atoms with Crippen molar-refractivity contribution in [2.45, 2.75) is 44.3 Å². The first-order chi connectivity index (χ1) is 8.28. The Balaban J connectivity index is 2.25. The molecule has 1 aliphatic carbocycles. The summed E-state index contributed by atoms with van der Waals surface area (Å²) < 4.78 is 37.7. The molecule has 1 aliphatic rings. The molecule has 0 unspecified atom stereocenters. The summed E-state index contributed by atoms with van der Waals surface area (Å²) in [6.45, 7) is 1.98. The smallest absolute Gasteiger partial charge is 0.365 e. The Morgan fingerprint density at radius 2 is 1.89 bits per heavy atom. The Morgan fingerprint density at radius 1 is 1.28 bits per heavy atom. The van der Waals surface area contributed by atoms with Gasteiger partial charge in [0.1, 0.15) is 5.82 Å². The summed E-state index contributed by atoms with van der Waals surface area (Å²) in [7, 11) is 0. The summed E-state index contributed by atoms with van der Waals surface area (Å²) in [5.41, 5.74) is -1.23. The number of alkyl halides is 3. The lowest BCUT2D eigenvalue weighted by Gasteiger charge is -2.26. The van der Waals surface area contributed by atoms with Crippen LogP contribution in [0.5, 0.6) is 0 Å². The van der Waals surface area contributed by atoms with E-state index < -0.39 is 17.2 Å². The van der Waals surface area contributed by atoms with Gasteiger partial charge in [-0.05, 0) is 31.4 Å². The summed E-state index contributed by atoms with van der Waals surface area (Å²) in [4.78, 5) is 6.99. The number of hydrogen-bond donors (Lipinski definition) is 1. The van der Waals surface area contributed by atoms with Gasteiger partial charge in [-0.15, -0.1) is 0 Å². The van der Waals surface area contributed by atoms with Crippen molar-refractivity contribution < 1.29 is 13.2 Å². The predicted octanol–water partition coefficient (Wildman–Crippen LogP) is 3.89. The van der Waals surface area contributed by atoms with Crippen LogP contribution in [0.25, 0.3) is 0 Å². The first kappa shape index (κ1) is 13.4. The van der Waals surface area contributed by atoms with Crippen LogP contribution in [-0.2, 0) is 6.18 Å². The highest BCUT2D eigenvalue weighted by Crippen LogP contribution is 2.34. The fourth-order valence-electron chi connectivity index (χ4n) is 2.22. The second-order valence-electron chi connectivity index (χ2n) is 4.80. The van der Waals surface area contributed by atoms with Gasteiger partial charge in [-0.3, -0.25) is 0 Å². The van der Waals surface area contributed by atoms with E-state index in [1.165, 1.54) is 0 Å². The van der Waals surface area contributed by atoms with Gasteiger partial charge in [0.25, 0.3) is 0 Å². The monoisotopic (exact) mass is 279 g/mol. The lowest BCUT2D eigenvalue weighted by Crippen LogP contribution is -2.31. The van der Waals surface area contributed by atoms with Crippen LogP contribution in [0.4, 0.5) is 19.0 Å². The van der Waals surface area contributed by atoms with Crippen LogP contribution in [0.2, 0.25) is 5.28 Å². The topological polar surface area (TPSA) is 37.8 Å². The molecule has 0 bridgehead atoms. The number of anilines is 1. The van der Waals surface area contributed by atoms with Gasteiger partial charge >= 0.3 is 6.18 Å². The SMILES string of the molecule is CC1(Nc2cc(C(F)(F)F)nc(Cl)n2)CCCC1. The fourth-order valence-corrected chi connectivity index (χ4v) is 2.40. The highest BCUT2D eigenvalue weighted by atomic mass is 35.5. The third kappa shape index (κ3) is 3.04. The minimum absolute atomic E-state index is 0.131. The van der Waals surface area contributed by atoms with E-state index in [0.29, 0.717) is 0 Å². The molecule has 100 valence electrons. The highest BCUT2D eigenvalue weighted by Gasteiger charge is 2.35. The van der Waals surface area contributed by atoms with E-state index in [9.17, 15) is 13.2 Å². The number of nitrogens with one attached hydrogen (secondary N) is 1. The Bertz CT molecular complexity index is 442. The van der Waals surface area contributed by atoms with Crippen LogP contribution in [0.1, 0.15) is 38.3 Å². The minimum atomic E-state index is -4.51. The van der Waals surface area contributed by atoms with Crippen LogP contribution < -0.4 is 5.32 Å². The Morgan fingerprint density at radius 3 is 2.44 bits per heavy atom. The molecule has 1 aromatic heterocycles. The van der Waals surface area contributed by atoms with Gasteiger partial charge in [0.05, 0.1) is 0 Å². The average molecular weight is 280 g/mol. The zero-order valence-corrected chi connectivity index (χ0v) is 10.6. The van der Waals surface area contributed by atoms with Gasteiger partial charge < -0.3 is 5.32 Å². The Hall–Kier alpha value is -1.04. The molecular weight excluding hydrogens is 267 g/mol. The molecule has 0 spiro atoms. The molecule has 0 aromatic carbocycles. The Kier molecular flexibility index (Phi) is 3.40. The van der Waals surface area contributed by atoms with Crippen LogP contribution in [0.15, 0.2) is 6.07 Å². The lowest BCUT2D eigenvalue weighted by molar-refractivity contribution is -0.141. The van der Waals surface area contributed by atoms with Gasteiger partial charge in [0, 0.05) is 11.6 Å². The molecule has 2 rings (SSSR count). The molecule has 18 heavy (non-hydrogen) atoms. The molecule has 0 atom stereocenters. The van der Waals surface area contributed by atoms with Gasteiger partial charge in [-0.2, -0.15) is 13.2 Å². The van der Waals surface area contributed by atoms with Crippen molar-refractivity contribution in [3.05, 3.63) is 17.0 Å². The van der Waals surface area contributed by atoms with Gasteiger partial charge in [0.15, 0.2) is 5.69 Å².